The summed E-state index contributed by atoms with van der Waals surface area (Å²) in [5, 5.41) is 3.85. The summed E-state index contributed by atoms with van der Waals surface area (Å²) in [4.78, 5) is 31.7. The van der Waals surface area contributed by atoms with Gasteiger partial charge in [0.25, 0.3) is 5.56 Å². The van der Waals surface area contributed by atoms with Crippen LogP contribution >= 0.6 is 23.1 Å². The van der Waals surface area contributed by atoms with Crippen molar-refractivity contribution in [1.82, 2.24) is 9.55 Å². The molecule has 1 N–H and O–H groups in total. The van der Waals surface area contributed by atoms with Crippen LogP contribution in [0.3, 0.4) is 0 Å². The monoisotopic (exact) mass is 419 g/mol. The van der Waals surface area contributed by atoms with E-state index in [-0.39, 0.29) is 29.1 Å². The highest BCUT2D eigenvalue weighted by atomic mass is 32.2. The van der Waals surface area contributed by atoms with Crippen molar-refractivity contribution in [3.8, 4) is 0 Å². The number of aryl methyl sites for hydroxylation is 3. The van der Waals surface area contributed by atoms with Crippen molar-refractivity contribution in [3.05, 3.63) is 50.4 Å². The lowest BCUT2D eigenvalue weighted by Gasteiger charge is -2.15. The normalized spacial score (nSPS) is 11.4. The Morgan fingerprint density at radius 1 is 1.32 bits per heavy atom. The number of thioether (sulfide) groups is 1. The third-order valence-corrected chi connectivity index (χ3v) is 6.56. The fourth-order valence-corrected chi connectivity index (χ4v) is 4.84. The van der Waals surface area contributed by atoms with Crippen LogP contribution in [0.25, 0.3) is 10.2 Å². The van der Waals surface area contributed by atoms with Crippen LogP contribution in [0.15, 0.2) is 28.2 Å². The number of thiophene rings is 1. The Hall–Kier alpha value is -2.19. The van der Waals surface area contributed by atoms with E-state index in [1.807, 2.05) is 27.7 Å². The van der Waals surface area contributed by atoms with Gasteiger partial charge in [0.05, 0.1) is 11.1 Å². The molecule has 148 valence electrons. The van der Waals surface area contributed by atoms with Gasteiger partial charge in [-0.15, -0.1) is 11.3 Å². The molecule has 28 heavy (non-hydrogen) atoms. The van der Waals surface area contributed by atoms with Crippen LogP contribution in [0.2, 0.25) is 0 Å². The van der Waals surface area contributed by atoms with E-state index in [9.17, 15) is 14.0 Å². The molecule has 0 saturated carbocycles. The molecule has 0 radical (unpaired) electrons. The molecule has 0 bridgehead atoms. The smallest absolute Gasteiger partial charge is 0.263 e. The van der Waals surface area contributed by atoms with E-state index < -0.39 is 0 Å². The molecule has 2 heterocycles. The van der Waals surface area contributed by atoms with Gasteiger partial charge in [-0.1, -0.05) is 17.8 Å². The average molecular weight is 420 g/mol. The lowest BCUT2D eigenvalue weighted by atomic mass is 10.2. The molecule has 0 spiro atoms. The second kappa shape index (κ2) is 8.05. The van der Waals surface area contributed by atoms with Crippen LogP contribution < -0.4 is 10.9 Å². The maximum atomic E-state index is 13.6. The molecule has 0 unspecified atom stereocenters. The number of halogens is 1. The van der Waals surface area contributed by atoms with Crippen LogP contribution in [0.4, 0.5) is 10.1 Å². The molecule has 0 aliphatic carbocycles. The Balaban J connectivity index is 1.85. The van der Waals surface area contributed by atoms with Gasteiger partial charge in [-0.2, -0.15) is 0 Å². The molecule has 3 rings (SSSR count). The Bertz CT molecular complexity index is 1120. The molecule has 5 nitrogen and oxygen atoms in total. The second-order valence-corrected chi connectivity index (χ2v) is 9.07. The van der Waals surface area contributed by atoms with Gasteiger partial charge in [-0.05, 0) is 57.9 Å². The quantitative estimate of drug-likeness (QED) is 0.475. The van der Waals surface area contributed by atoms with Crippen LogP contribution in [0.5, 0.6) is 0 Å². The number of aromatic nitrogens is 2. The number of amides is 1. The van der Waals surface area contributed by atoms with Gasteiger partial charge in [-0.25, -0.2) is 9.37 Å². The first-order valence-electron chi connectivity index (χ1n) is 8.90. The van der Waals surface area contributed by atoms with E-state index in [1.165, 1.54) is 29.2 Å². The number of carbonyl (C=O) groups excluding carboxylic acids is 1. The first-order chi connectivity index (χ1) is 13.2. The summed E-state index contributed by atoms with van der Waals surface area (Å²) in [5.41, 5.74) is 1.81. The zero-order valence-corrected chi connectivity index (χ0v) is 18.1. The van der Waals surface area contributed by atoms with E-state index in [1.54, 1.807) is 23.6 Å². The number of carbonyl (C=O) groups is 1. The molecule has 0 aliphatic rings. The summed E-state index contributed by atoms with van der Waals surface area (Å²) >= 11 is 2.69. The van der Waals surface area contributed by atoms with Crippen LogP contribution in [-0.2, 0) is 4.79 Å². The number of nitrogens with zero attached hydrogens (tertiary/aromatic N) is 2. The third-order valence-electron chi connectivity index (χ3n) is 4.51. The van der Waals surface area contributed by atoms with Crippen molar-refractivity contribution in [3.63, 3.8) is 0 Å². The Kier molecular flexibility index (Phi) is 5.90. The molecule has 0 aliphatic heterocycles. The minimum Gasteiger partial charge on any atom is -0.325 e. The zero-order valence-electron chi connectivity index (χ0n) is 16.4. The highest BCUT2D eigenvalue weighted by molar-refractivity contribution is 7.99. The molecule has 1 amide bonds. The topological polar surface area (TPSA) is 64.0 Å². The minimum absolute atomic E-state index is 0.0729. The number of anilines is 1. The molecular formula is C20H22FN3O2S2. The van der Waals surface area contributed by atoms with Crippen molar-refractivity contribution >= 4 is 44.9 Å². The number of nitrogens with one attached hydrogen (secondary N) is 1. The first kappa shape index (κ1) is 20.5. The summed E-state index contributed by atoms with van der Waals surface area (Å²) in [6, 6.07) is 4.49. The molecule has 8 heteroatoms. The lowest BCUT2D eigenvalue weighted by Crippen LogP contribution is -2.25. The number of benzene rings is 1. The lowest BCUT2D eigenvalue weighted by molar-refractivity contribution is -0.113. The van der Waals surface area contributed by atoms with Crippen molar-refractivity contribution < 1.29 is 9.18 Å². The molecule has 2 aromatic heterocycles. The third kappa shape index (κ3) is 3.98. The standard InChI is InChI=1S/C20H22FN3O2S2/c1-10(2)24-19(26)17-12(4)13(5)28-18(17)23-20(24)27-9-16(25)22-14-7-6-11(3)15(21)8-14/h6-8,10H,9H2,1-5H3,(H,22,25). The summed E-state index contributed by atoms with van der Waals surface area (Å²) in [6.45, 7) is 9.41. The second-order valence-electron chi connectivity index (χ2n) is 6.93. The Morgan fingerprint density at radius 2 is 2.04 bits per heavy atom. The van der Waals surface area contributed by atoms with E-state index in [0.29, 0.717) is 26.6 Å². The van der Waals surface area contributed by atoms with Gasteiger partial charge >= 0.3 is 0 Å². The fraction of sp³-hybridized carbons (Fsp3) is 0.350. The maximum absolute atomic E-state index is 13.6. The van der Waals surface area contributed by atoms with Gasteiger partial charge < -0.3 is 5.32 Å². The van der Waals surface area contributed by atoms with Crippen LogP contribution in [0.1, 0.15) is 35.9 Å². The van der Waals surface area contributed by atoms with Gasteiger partial charge in [0.1, 0.15) is 10.6 Å². The summed E-state index contributed by atoms with van der Waals surface area (Å²) in [6.07, 6.45) is 0. The highest BCUT2D eigenvalue weighted by Crippen LogP contribution is 2.29. The SMILES string of the molecule is Cc1ccc(NC(=O)CSc2nc3sc(C)c(C)c3c(=O)n2C(C)C)cc1F. The van der Waals surface area contributed by atoms with Crippen molar-refractivity contribution in [2.24, 2.45) is 0 Å². The van der Waals surface area contributed by atoms with E-state index >= 15 is 0 Å². The van der Waals surface area contributed by atoms with Gasteiger partial charge in [0.15, 0.2) is 5.16 Å². The Labute approximate surface area is 171 Å². The Morgan fingerprint density at radius 3 is 2.68 bits per heavy atom. The molecule has 1 aromatic carbocycles. The predicted octanol–water partition coefficient (Wildman–Crippen LogP) is 4.83. The fourth-order valence-electron chi connectivity index (χ4n) is 2.84. The minimum atomic E-state index is -0.366. The first-order valence-corrected chi connectivity index (χ1v) is 10.7. The van der Waals surface area contributed by atoms with Gasteiger partial charge in [-0.3, -0.25) is 14.2 Å². The number of hydrogen-bond acceptors (Lipinski definition) is 5. The summed E-state index contributed by atoms with van der Waals surface area (Å²) in [7, 11) is 0. The molecule has 3 aromatic rings. The maximum Gasteiger partial charge on any atom is 0.263 e. The number of fused-ring (bicyclic) bond motifs is 1. The van der Waals surface area contributed by atoms with Crippen molar-refractivity contribution in [2.75, 3.05) is 11.1 Å². The van der Waals surface area contributed by atoms with Gasteiger partial charge in [0.2, 0.25) is 5.91 Å². The highest BCUT2D eigenvalue weighted by Gasteiger charge is 2.19. The zero-order chi connectivity index (χ0) is 20.6. The van der Waals surface area contributed by atoms with Crippen LogP contribution in [-0.4, -0.2) is 21.2 Å². The summed E-state index contributed by atoms with van der Waals surface area (Å²) in [5.74, 6) is -0.574. The molecule has 0 atom stereocenters. The van der Waals surface area contributed by atoms with Crippen LogP contribution in [0, 0.1) is 26.6 Å². The largest absolute Gasteiger partial charge is 0.325 e. The van der Waals surface area contributed by atoms with E-state index in [4.69, 9.17) is 0 Å². The summed E-state index contributed by atoms with van der Waals surface area (Å²) < 4.78 is 15.3. The van der Waals surface area contributed by atoms with E-state index in [0.717, 1.165) is 10.4 Å². The van der Waals surface area contributed by atoms with Crippen molar-refractivity contribution in [1.29, 1.82) is 0 Å². The van der Waals surface area contributed by atoms with E-state index in [2.05, 4.69) is 10.3 Å². The predicted molar refractivity (Wildman–Crippen MR) is 114 cm³/mol. The molecule has 0 fully saturated rings. The molecule has 0 saturated heterocycles. The average Bonchev–Trinajstić information content (AvgIpc) is 2.90. The molecular weight excluding hydrogens is 397 g/mol. The van der Waals surface area contributed by atoms with Crippen molar-refractivity contribution in [2.45, 2.75) is 45.8 Å². The number of hydrogen-bond donors (Lipinski definition) is 1. The number of rotatable bonds is 5. The van der Waals surface area contributed by atoms with Gasteiger partial charge in [0, 0.05) is 16.6 Å².